The minimum atomic E-state index is -0.152. The van der Waals surface area contributed by atoms with E-state index in [-0.39, 0.29) is 30.2 Å². The lowest BCUT2D eigenvalue weighted by Gasteiger charge is -2.25. The molecule has 0 radical (unpaired) electrons. The Balaban J connectivity index is 0.00000196. The van der Waals surface area contributed by atoms with Crippen molar-refractivity contribution in [1.29, 1.82) is 0 Å². The number of nitrogens with two attached hydrogens (primary N) is 1. The molecule has 1 aliphatic rings. The molecule has 0 bridgehead atoms. The van der Waals surface area contributed by atoms with E-state index in [9.17, 15) is 0 Å². The van der Waals surface area contributed by atoms with Gasteiger partial charge in [0.1, 0.15) is 0 Å². The van der Waals surface area contributed by atoms with Gasteiger partial charge in [0.15, 0.2) is 0 Å². The first-order valence-electron chi connectivity index (χ1n) is 5.03. The molecule has 0 amide bonds. The van der Waals surface area contributed by atoms with E-state index in [1.54, 1.807) is 14.2 Å². The van der Waals surface area contributed by atoms with Crippen molar-refractivity contribution in [3.8, 4) is 0 Å². The molecule has 1 heterocycles. The van der Waals surface area contributed by atoms with Crippen LogP contribution in [0.25, 0.3) is 0 Å². The molecule has 15 heavy (non-hydrogen) atoms. The molecule has 0 unspecified atom stereocenters. The third kappa shape index (κ3) is 4.66. The third-order valence-electron chi connectivity index (χ3n) is 2.53. The number of halogens is 1. The topological polar surface area (TPSA) is 47.7 Å². The van der Waals surface area contributed by atoms with E-state index in [2.05, 4.69) is 4.90 Å². The number of hydrogen-bond acceptors (Lipinski definition) is 4. The molecular weight excluding hydrogens is 216 g/mol. The van der Waals surface area contributed by atoms with Gasteiger partial charge in [0, 0.05) is 39.4 Å². The van der Waals surface area contributed by atoms with Crippen molar-refractivity contribution in [3.63, 3.8) is 0 Å². The van der Waals surface area contributed by atoms with Crippen LogP contribution in [-0.2, 0) is 9.47 Å². The fourth-order valence-corrected chi connectivity index (χ4v) is 1.98. The van der Waals surface area contributed by atoms with Gasteiger partial charge in [-0.25, -0.2) is 0 Å². The lowest BCUT2D eigenvalue weighted by molar-refractivity contribution is -0.00461. The Bertz CT molecular complexity index is 173. The van der Waals surface area contributed by atoms with E-state index in [4.69, 9.17) is 15.2 Å². The Kier molecular flexibility index (Phi) is 6.06. The summed E-state index contributed by atoms with van der Waals surface area (Å²) >= 11 is 0. The Labute approximate surface area is 98.5 Å². The van der Waals surface area contributed by atoms with E-state index in [0.717, 1.165) is 19.6 Å². The minimum Gasteiger partial charge on any atom is -0.377 e. The maximum Gasteiger partial charge on any atom is 0.0971 e. The van der Waals surface area contributed by atoms with Crippen LogP contribution in [0.2, 0.25) is 0 Å². The van der Waals surface area contributed by atoms with Gasteiger partial charge in [-0.05, 0) is 13.8 Å². The zero-order valence-corrected chi connectivity index (χ0v) is 10.8. The second-order valence-electron chi connectivity index (χ2n) is 4.73. The van der Waals surface area contributed by atoms with Crippen molar-refractivity contribution in [2.75, 3.05) is 33.9 Å². The summed E-state index contributed by atoms with van der Waals surface area (Å²) in [6.45, 7) is 6.78. The van der Waals surface area contributed by atoms with Crippen LogP contribution in [0.1, 0.15) is 13.8 Å². The fraction of sp³-hybridized carbons (Fsp3) is 1.00. The molecule has 1 aliphatic heterocycles. The fourth-order valence-electron chi connectivity index (χ4n) is 1.98. The van der Waals surface area contributed by atoms with Crippen molar-refractivity contribution < 1.29 is 9.47 Å². The zero-order chi connectivity index (χ0) is 10.8. The highest BCUT2D eigenvalue weighted by Gasteiger charge is 2.34. The molecule has 0 spiro atoms. The van der Waals surface area contributed by atoms with Crippen molar-refractivity contribution in [2.45, 2.75) is 31.6 Å². The average Bonchev–Trinajstić information content (AvgIpc) is 2.43. The quantitative estimate of drug-likeness (QED) is 0.775. The lowest BCUT2D eigenvalue weighted by Crippen LogP contribution is -2.44. The van der Waals surface area contributed by atoms with Crippen LogP contribution >= 0.6 is 12.4 Å². The number of methoxy groups -OCH3 is 2. The van der Waals surface area contributed by atoms with Crippen molar-refractivity contribution in [3.05, 3.63) is 0 Å². The molecule has 0 saturated carbocycles. The molecule has 4 nitrogen and oxygen atoms in total. The molecule has 2 N–H and O–H groups in total. The van der Waals surface area contributed by atoms with Gasteiger partial charge < -0.3 is 15.2 Å². The predicted molar refractivity (Wildman–Crippen MR) is 63.5 cm³/mol. The number of ether oxygens (including phenoxy) is 2. The summed E-state index contributed by atoms with van der Waals surface area (Å²) in [4.78, 5) is 2.29. The van der Waals surface area contributed by atoms with Gasteiger partial charge in [0.25, 0.3) is 0 Å². The number of rotatable bonds is 4. The summed E-state index contributed by atoms with van der Waals surface area (Å²) < 4.78 is 10.7. The first-order valence-corrected chi connectivity index (χ1v) is 5.03. The van der Waals surface area contributed by atoms with Crippen LogP contribution in [0.15, 0.2) is 0 Å². The van der Waals surface area contributed by atoms with Gasteiger partial charge in [0.2, 0.25) is 0 Å². The smallest absolute Gasteiger partial charge is 0.0971 e. The number of likely N-dealkylation sites (tertiary alicyclic amines) is 1. The van der Waals surface area contributed by atoms with E-state index in [1.807, 2.05) is 13.8 Å². The molecule has 5 heteroatoms. The Hall–Kier alpha value is 0.130. The summed E-state index contributed by atoms with van der Waals surface area (Å²) in [5.74, 6) is 0. The summed E-state index contributed by atoms with van der Waals surface area (Å²) in [5, 5.41) is 0. The Morgan fingerprint density at radius 1 is 1.20 bits per heavy atom. The summed E-state index contributed by atoms with van der Waals surface area (Å²) in [5.41, 5.74) is 5.81. The van der Waals surface area contributed by atoms with Gasteiger partial charge >= 0.3 is 0 Å². The summed E-state index contributed by atoms with van der Waals surface area (Å²) in [6.07, 6.45) is 0.365. The van der Waals surface area contributed by atoms with Crippen LogP contribution < -0.4 is 5.73 Å². The van der Waals surface area contributed by atoms with Crippen LogP contribution in [0.5, 0.6) is 0 Å². The summed E-state index contributed by atoms with van der Waals surface area (Å²) in [7, 11) is 3.46. The molecule has 92 valence electrons. The number of nitrogens with zero attached hydrogens (tertiary/aromatic N) is 1. The van der Waals surface area contributed by atoms with Crippen molar-refractivity contribution in [2.24, 2.45) is 5.73 Å². The standard InChI is InChI=1S/C10H22N2O2.ClH/c1-10(2,11)7-12-5-8(13-3)9(6-12)14-4;/h8-9H,5-7,11H2,1-4H3;1H/t8-,9+;. The third-order valence-corrected chi connectivity index (χ3v) is 2.53. The minimum absolute atomic E-state index is 0. The average molecular weight is 239 g/mol. The van der Waals surface area contributed by atoms with Gasteiger partial charge in [-0.15, -0.1) is 12.4 Å². The normalized spacial score (nSPS) is 27.8. The second-order valence-corrected chi connectivity index (χ2v) is 4.73. The monoisotopic (exact) mass is 238 g/mol. The molecule has 0 aromatic rings. The molecule has 0 aromatic carbocycles. The molecule has 2 atom stereocenters. The number of hydrogen-bond donors (Lipinski definition) is 1. The first-order chi connectivity index (χ1) is 6.46. The summed E-state index contributed by atoms with van der Waals surface area (Å²) in [6, 6.07) is 0. The molecule has 1 saturated heterocycles. The lowest BCUT2D eigenvalue weighted by atomic mass is 10.1. The molecule has 0 aliphatic carbocycles. The van der Waals surface area contributed by atoms with Gasteiger partial charge in [-0.2, -0.15) is 0 Å². The van der Waals surface area contributed by atoms with Crippen LogP contribution in [0, 0.1) is 0 Å². The van der Waals surface area contributed by atoms with E-state index < -0.39 is 0 Å². The van der Waals surface area contributed by atoms with Gasteiger partial charge in [0.05, 0.1) is 12.2 Å². The van der Waals surface area contributed by atoms with Crippen LogP contribution in [-0.4, -0.2) is 56.5 Å². The predicted octanol–water partition coefficient (Wildman–Crippen LogP) is 0.491. The highest BCUT2D eigenvalue weighted by molar-refractivity contribution is 5.85. The highest BCUT2D eigenvalue weighted by atomic mass is 35.5. The maximum absolute atomic E-state index is 5.97. The molecule has 0 aromatic heterocycles. The van der Waals surface area contributed by atoms with Crippen molar-refractivity contribution in [1.82, 2.24) is 4.90 Å². The first kappa shape index (κ1) is 15.1. The van der Waals surface area contributed by atoms with Gasteiger partial charge in [-0.3, -0.25) is 4.90 Å². The zero-order valence-electron chi connectivity index (χ0n) is 10.0. The molecule has 1 rings (SSSR count). The van der Waals surface area contributed by atoms with Crippen LogP contribution in [0.4, 0.5) is 0 Å². The van der Waals surface area contributed by atoms with Crippen LogP contribution in [0.3, 0.4) is 0 Å². The van der Waals surface area contributed by atoms with E-state index >= 15 is 0 Å². The van der Waals surface area contributed by atoms with E-state index in [1.165, 1.54) is 0 Å². The molecular formula is C10H23ClN2O2. The van der Waals surface area contributed by atoms with Crippen molar-refractivity contribution >= 4 is 12.4 Å². The maximum atomic E-state index is 5.97. The Morgan fingerprint density at radius 3 is 1.87 bits per heavy atom. The van der Waals surface area contributed by atoms with Gasteiger partial charge in [-0.1, -0.05) is 0 Å². The highest BCUT2D eigenvalue weighted by Crippen LogP contribution is 2.17. The molecule has 1 fully saturated rings. The SMILES string of the molecule is CO[C@H]1CN(CC(C)(C)N)C[C@H]1OC.Cl. The van der Waals surface area contributed by atoms with E-state index in [0.29, 0.717) is 0 Å². The Morgan fingerprint density at radius 2 is 1.60 bits per heavy atom. The largest absolute Gasteiger partial charge is 0.377 e. The second kappa shape index (κ2) is 6.01.